The molecular weight excluding hydrogens is 357 g/mol. The number of nitrogens with zero attached hydrogens (tertiary/aromatic N) is 1. The van der Waals surface area contributed by atoms with Gasteiger partial charge in [0.2, 0.25) is 0 Å². The van der Waals surface area contributed by atoms with Crippen LogP contribution in [0.15, 0.2) is 48.5 Å². The molecule has 0 aliphatic carbocycles. The molecule has 5 nitrogen and oxygen atoms in total. The van der Waals surface area contributed by atoms with Crippen LogP contribution in [-0.2, 0) is 16.7 Å². The summed E-state index contributed by atoms with van der Waals surface area (Å²) in [7, 11) is -3.63. The maximum absolute atomic E-state index is 13.5. The smallest absolute Gasteiger partial charge is 0.306 e. The predicted molar refractivity (Wildman–Crippen MR) is 97.9 cm³/mol. The van der Waals surface area contributed by atoms with Crippen LogP contribution in [0.2, 0.25) is 0 Å². The molecule has 0 saturated heterocycles. The molecule has 0 radical (unpaired) electrons. The Balaban J connectivity index is 2.28. The van der Waals surface area contributed by atoms with Gasteiger partial charge in [-0.05, 0) is 49.2 Å². The SMILES string of the molecule is CCC(C)N(Cc1cccc(OS(C)(=O)=O)c1)C(=O)c1cccc(F)c1. The van der Waals surface area contributed by atoms with Gasteiger partial charge >= 0.3 is 10.1 Å². The highest BCUT2D eigenvalue weighted by Crippen LogP contribution is 2.20. The highest BCUT2D eigenvalue weighted by atomic mass is 32.2. The zero-order valence-electron chi connectivity index (χ0n) is 15.0. The lowest BCUT2D eigenvalue weighted by molar-refractivity contribution is 0.0671. The largest absolute Gasteiger partial charge is 0.383 e. The van der Waals surface area contributed by atoms with Crippen LogP contribution in [0.4, 0.5) is 4.39 Å². The first-order chi connectivity index (χ1) is 12.2. The van der Waals surface area contributed by atoms with Crippen molar-refractivity contribution in [3.05, 3.63) is 65.5 Å². The van der Waals surface area contributed by atoms with Crippen LogP contribution in [0, 0.1) is 5.82 Å². The molecule has 1 unspecified atom stereocenters. The highest BCUT2D eigenvalue weighted by molar-refractivity contribution is 7.86. The first kappa shape index (κ1) is 19.9. The van der Waals surface area contributed by atoms with E-state index in [9.17, 15) is 17.6 Å². The highest BCUT2D eigenvalue weighted by Gasteiger charge is 2.21. The Kier molecular flexibility index (Phi) is 6.37. The van der Waals surface area contributed by atoms with Crippen LogP contribution >= 0.6 is 0 Å². The molecular formula is C19H22FNO4S. The first-order valence-electron chi connectivity index (χ1n) is 8.24. The molecule has 0 saturated carbocycles. The van der Waals surface area contributed by atoms with E-state index < -0.39 is 15.9 Å². The van der Waals surface area contributed by atoms with E-state index in [0.29, 0.717) is 0 Å². The minimum atomic E-state index is -3.63. The van der Waals surface area contributed by atoms with Gasteiger partial charge in [0.05, 0.1) is 6.26 Å². The van der Waals surface area contributed by atoms with Gasteiger partial charge in [0.15, 0.2) is 0 Å². The fourth-order valence-corrected chi connectivity index (χ4v) is 2.96. The van der Waals surface area contributed by atoms with Crippen molar-refractivity contribution in [2.45, 2.75) is 32.9 Å². The minimum absolute atomic E-state index is 0.0785. The molecule has 2 aromatic carbocycles. The number of hydrogen-bond donors (Lipinski definition) is 0. The Morgan fingerprint density at radius 3 is 2.50 bits per heavy atom. The molecule has 1 atom stereocenters. The lowest BCUT2D eigenvalue weighted by Crippen LogP contribution is -2.37. The van der Waals surface area contributed by atoms with Gasteiger partial charge in [-0.25, -0.2) is 4.39 Å². The van der Waals surface area contributed by atoms with E-state index in [2.05, 4.69) is 0 Å². The predicted octanol–water partition coefficient (Wildman–Crippen LogP) is 3.61. The second-order valence-electron chi connectivity index (χ2n) is 6.14. The number of carbonyl (C=O) groups is 1. The maximum Gasteiger partial charge on any atom is 0.306 e. The van der Waals surface area contributed by atoms with Crippen molar-refractivity contribution in [3.63, 3.8) is 0 Å². The van der Waals surface area contributed by atoms with E-state index in [4.69, 9.17) is 4.18 Å². The maximum atomic E-state index is 13.5. The summed E-state index contributed by atoms with van der Waals surface area (Å²) < 4.78 is 40.9. The average Bonchev–Trinajstić information content (AvgIpc) is 2.57. The van der Waals surface area contributed by atoms with Crippen LogP contribution in [-0.4, -0.2) is 31.5 Å². The number of hydrogen-bond acceptors (Lipinski definition) is 4. The molecule has 140 valence electrons. The molecule has 7 heteroatoms. The van der Waals surface area contributed by atoms with E-state index in [0.717, 1.165) is 18.2 Å². The van der Waals surface area contributed by atoms with Crippen molar-refractivity contribution >= 4 is 16.0 Å². The van der Waals surface area contributed by atoms with E-state index in [1.54, 1.807) is 29.2 Å². The molecule has 2 rings (SSSR count). The van der Waals surface area contributed by atoms with Gasteiger partial charge in [0.1, 0.15) is 11.6 Å². The van der Waals surface area contributed by atoms with Crippen molar-refractivity contribution in [1.82, 2.24) is 4.90 Å². The minimum Gasteiger partial charge on any atom is -0.383 e. The molecule has 0 aliphatic heterocycles. The molecule has 0 spiro atoms. The summed E-state index contributed by atoms with van der Waals surface area (Å²) in [5.74, 6) is -0.566. The molecule has 26 heavy (non-hydrogen) atoms. The summed E-state index contributed by atoms with van der Waals surface area (Å²) in [6.07, 6.45) is 1.69. The third kappa shape index (κ3) is 5.56. The van der Waals surface area contributed by atoms with Gasteiger partial charge in [-0.3, -0.25) is 4.79 Å². The fraction of sp³-hybridized carbons (Fsp3) is 0.316. The zero-order chi connectivity index (χ0) is 19.3. The monoisotopic (exact) mass is 379 g/mol. The third-order valence-corrected chi connectivity index (χ3v) is 4.45. The number of rotatable bonds is 7. The van der Waals surface area contributed by atoms with Crippen molar-refractivity contribution in [1.29, 1.82) is 0 Å². The van der Waals surface area contributed by atoms with Crippen molar-refractivity contribution in [3.8, 4) is 5.75 Å². The van der Waals surface area contributed by atoms with Gasteiger partial charge in [-0.1, -0.05) is 25.1 Å². The lowest BCUT2D eigenvalue weighted by Gasteiger charge is -2.29. The summed E-state index contributed by atoms with van der Waals surface area (Å²) in [6, 6.07) is 12.0. The van der Waals surface area contributed by atoms with Crippen molar-refractivity contribution in [2.75, 3.05) is 6.26 Å². The van der Waals surface area contributed by atoms with Crippen LogP contribution < -0.4 is 4.18 Å². The quantitative estimate of drug-likeness (QED) is 0.690. The van der Waals surface area contributed by atoms with Gasteiger partial charge in [-0.15, -0.1) is 0 Å². The molecule has 0 fully saturated rings. The van der Waals surface area contributed by atoms with Crippen LogP contribution in [0.5, 0.6) is 5.75 Å². The summed E-state index contributed by atoms with van der Waals surface area (Å²) in [5, 5.41) is 0. The van der Waals surface area contributed by atoms with Crippen molar-refractivity contribution in [2.24, 2.45) is 0 Å². The zero-order valence-corrected chi connectivity index (χ0v) is 15.8. The van der Waals surface area contributed by atoms with E-state index in [1.165, 1.54) is 24.3 Å². The Morgan fingerprint density at radius 2 is 1.88 bits per heavy atom. The average molecular weight is 379 g/mol. The Labute approximate surface area is 153 Å². The van der Waals surface area contributed by atoms with E-state index in [1.807, 2.05) is 13.8 Å². The lowest BCUT2D eigenvalue weighted by atomic mass is 10.1. The number of halogens is 1. The van der Waals surface area contributed by atoms with Gasteiger partial charge < -0.3 is 9.08 Å². The molecule has 0 aromatic heterocycles. The second kappa shape index (κ2) is 8.31. The van der Waals surface area contributed by atoms with Gasteiger partial charge in [0.25, 0.3) is 5.91 Å². The van der Waals surface area contributed by atoms with Gasteiger partial charge in [-0.2, -0.15) is 8.42 Å². The Bertz CT molecular complexity index is 883. The molecule has 0 heterocycles. The first-order valence-corrected chi connectivity index (χ1v) is 10.1. The number of carbonyl (C=O) groups excluding carboxylic acids is 1. The van der Waals surface area contributed by atoms with E-state index in [-0.39, 0.29) is 29.8 Å². The fourth-order valence-electron chi connectivity index (χ4n) is 2.50. The van der Waals surface area contributed by atoms with Crippen molar-refractivity contribution < 1.29 is 21.8 Å². The normalized spacial score (nSPS) is 12.5. The van der Waals surface area contributed by atoms with E-state index >= 15 is 0 Å². The number of amides is 1. The second-order valence-corrected chi connectivity index (χ2v) is 7.71. The standard InChI is InChI=1S/C19H22FNO4S/c1-4-14(2)21(19(22)16-8-6-9-17(20)12-16)13-15-7-5-10-18(11-15)25-26(3,23)24/h5-12,14H,4,13H2,1-3H3. The topological polar surface area (TPSA) is 63.7 Å². The van der Waals surface area contributed by atoms with Crippen LogP contribution in [0.3, 0.4) is 0 Å². The Hall–Kier alpha value is -2.41. The van der Waals surface area contributed by atoms with Gasteiger partial charge in [0, 0.05) is 18.2 Å². The summed E-state index contributed by atoms with van der Waals surface area (Å²) in [5.41, 5.74) is 0.991. The van der Waals surface area contributed by atoms with Crippen LogP contribution in [0.25, 0.3) is 0 Å². The molecule has 0 bridgehead atoms. The number of benzene rings is 2. The summed E-state index contributed by atoms with van der Waals surface area (Å²) >= 11 is 0. The third-order valence-electron chi connectivity index (χ3n) is 3.95. The molecule has 2 aromatic rings. The Morgan fingerprint density at radius 1 is 1.19 bits per heavy atom. The molecule has 0 aliphatic rings. The molecule has 0 N–H and O–H groups in total. The molecule has 1 amide bonds. The summed E-state index contributed by atoms with van der Waals surface area (Å²) in [6.45, 7) is 4.12. The summed E-state index contributed by atoms with van der Waals surface area (Å²) in [4.78, 5) is 14.5. The van der Waals surface area contributed by atoms with Crippen LogP contribution in [0.1, 0.15) is 36.2 Å².